The molecule has 2 aromatic rings. The van der Waals surface area contributed by atoms with Gasteiger partial charge in [-0.1, -0.05) is 0 Å². The number of halogens is 6. The van der Waals surface area contributed by atoms with Crippen molar-refractivity contribution in [2.45, 2.75) is 6.10 Å². The van der Waals surface area contributed by atoms with E-state index in [0.29, 0.717) is 0 Å². The molecule has 44 heavy (non-hydrogen) atoms. The summed E-state index contributed by atoms with van der Waals surface area (Å²) in [6.45, 7) is -2.84. The molecule has 2 rings (SSSR count). The molecule has 242 valence electrons. The van der Waals surface area contributed by atoms with Gasteiger partial charge in [-0.05, 0) is 160 Å². The van der Waals surface area contributed by atoms with Crippen molar-refractivity contribution in [3.63, 3.8) is 0 Å². The Morgan fingerprint density at radius 1 is 0.727 bits per heavy atom. The molecule has 2 aromatic carbocycles. The van der Waals surface area contributed by atoms with Gasteiger partial charge in [0.05, 0.1) is 17.7 Å². The lowest BCUT2D eigenvalue weighted by Crippen LogP contribution is -2.30. The fourth-order valence-corrected chi connectivity index (χ4v) is 8.03. The summed E-state index contributed by atoms with van der Waals surface area (Å²) in [4.78, 5) is 49.5. The maximum absolute atomic E-state index is 12.8. The van der Waals surface area contributed by atoms with E-state index in [2.05, 4.69) is 136 Å². The fourth-order valence-electron chi connectivity index (χ4n) is 2.80. The molecule has 0 radical (unpaired) electrons. The molecule has 0 saturated heterocycles. The van der Waals surface area contributed by atoms with Crippen LogP contribution in [0.2, 0.25) is 0 Å². The second kappa shape index (κ2) is 20.3. The molecule has 0 amide bonds. The number of nitrogens with two attached hydrogens (primary N) is 1. The van der Waals surface area contributed by atoms with Gasteiger partial charge in [-0.15, -0.1) is 0 Å². The second-order valence-electron chi connectivity index (χ2n) is 8.01. The van der Waals surface area contributed by atoms with Crippen LogP contribution in [0.5, 0.6) is 0 Å². The van der Waals surface area contributed by atoms with E-state index in [1.54, 1.807) is 24.3 Å². The Hall–Kier alpha value is 0.770. The molecule has 1 unspecified atom stereocenters. The molecule has 0 aromatic heterocycles. The van der Waals surface area contributed by atoms with Gasteiger partial charge < -0.3 is 24.7 Å². The minimum Gasteiger partial charge on any atom is -0.460 e. The number of carbonyl (C=O) groups excluding carboxylic acids is 4. The Labute approximate surface area is 334 Å². The average molecular weight is 1310 g/mol. The summed E-state index contributed by atoms with van der Waals surface area (Å²) in [5, 5.41) is 0. The Morgan fingerprint density at radius 2 is 1.11 bits per heavy atom. The van der Waals surface area contributed by atoms with Gasteiger partial charge in [0.25, 0.3) is 0 Å². The number of rotatable bonds is 16. The van der Waals surface area contributed by atoms with Crippen molar-refractivity contribution in [3.8, 4) is 0 Å². The molecule has 0 fully saturated rings. The van der Waals surface area contributed by atoms with Crippen LogP contribution in [0.15, 0.2) is 24.3 Å². The summed E-state index contributed by atoms with van der Waals surface area (Å²) in [5.41, 5.74) is 5.89. The van der Waals surface area contributed by atoms with Crippen LogP contribution in [-0.2, 0) is 46.7 Å². The lowest BCUT2D eigenvalue weighted by atomic mass is 10.2. The fraction of sp³-hybridized carbons (Fsp3) is 0.333. The van der Waals surface area contributed by atoms with E-state index in [1.165, 1.54) is 0 Å². The molecule has 0 heterocycles. The molecule has 0 bridgehead atoms. The van der Waals surface area contributed by atoms with Gasteiger partial charge in [0, 0.05) is 35.1 Å². The van der Waals surface area contributed by atoms with Crippen molar-refractivity contribution < 1.29 is 56.3 Å². The van der Waals surface area contributed by atoms with E-state index in [0.717, 1.165) is 28.5 Å². The molecular weight excluding hydrogens is 1290 g/mol. The summed E-state index contributed by atoms with van der Waals surface area (Å²) >= 11 is 12.6. The molecule has 1 atom stereocenters. The first-order valence-electron chi connectivity index (χ1n) is 11.8. The maximum atomic E-state index is 12.8. The van der Waals surface area contributed by atoms with Crippen molar-refractivity contribution >= 4 is 167 Å². The Bertz CT molecular complexity index is 1290. The maximum Gasteiger partial charge on any atom is 0.475 e. The summed E-state index contributed by atoms with van der Waals surface area (Å²) in [7, 11) is -3.14. The predicted molar refractivity (Wildman–Crippen MR) is 206 cm³/mol. The van der Waals surface area contributed by atoms with Crippen LogP contribution in [0.1, 0.15) is 20.7 Å². The van der Waals surface area contributed by atoms with Crippen LogP contribution < -0.4 is 5.73 Å². The quantitative estimate of drug-likeness (QED) is 0.0732. The van der Waals surface area contributed by atoms with Gasteiger partial charge >= 0.3 is 31.7 Å². The first-order valence-corrected chi connectivity index (χ1v) is 19.8. The summed E-state index contributed by atoms with van der Waals surface area (Å²) < 4.78 is 53.6. The van der Waals surface area contributed by atoms with Crippen molar-refractivity contribution in [3.05, 3.63) is 56.8 Å². The first-order chi connectivity index (χ1) is 20.7. The van der Waals surface area contributed by atoms with Crippen LogP contribution in [-0.4, -0.2) is 76.7 Å². The minimum atomic E-state index is -4.20. The summed E-state index contributed by atoms with van der Waals surface area (Å²) in [5.74, 6) is -3.39. The van der Waals surface area contributed by atoms with Gasteiger partial charge in [0.2, 0.25) is 0 Å². The van der Waals surface area contributed by atoms with Crippen LogP contribution in [0.3, 0.4) is 0 Å². The first kappa shape index (κ1) is 40.9. The van der Waals surface area contributed by atoms with Crippen LogP contribution in [0.25, 0.3) is 0 Å². The third kappa shape index (κ3) is 13.7. The van der Waals surface area contributed by atoms with Crippen LogP contribution in [0, 0.1) is 21.4 Å². The number of benzene rings is 2. The molecule has 0 saturated carbocycles. The molecule has 0 aliphatic heterocycles. The normalized spacial score (nSPS) is 12.4. The zero-order valence-corrected chi connectivity index (χ0v) is 36.2. The number of hydrogen-bond acceptors (Lipinski definition) is 13. The van der Waals surface area contributed by atoms with Crippen molar-refractivity contribution in [2.75, 3.05) is 46.7 Å². The van der Waals surface area contributed by atoms with Gasteiger partial charge in [0.15, 0.2) is 13.2 Å². The number of esters is 4. The van der Waals surface area contributed by atoms with E-state index >= 15 is 0 Å². The lowest BCUT2D eigenvalue weighted by Gasteiger charge is -2.22. The van der Waals surface area contributed by atoms with E-state index in [4.69, 9.17) is 38.3 Å². The van der Waals surface area contributed by atoms with Crippen molar-refractivity contribution in [1.29, 1.82) is 0 Å². The SMILES string of the molecule is COP(=O)(OCCN)OC(COC(=O)COC(=O)c1cc(I)c(I)c(I)c1)COC(=O)COC(=O)c1cc(I)c(I)c(I)c1. The average Bonchev–Trinajstić information content (AvgIpc) is 2.99. The van der Waals surface area contributed by atoms with E-state index in [-0.39, 0.29) is 24.3 Å². The van der Waals surface area contributed by atoms with Crippen molar-refractivity contribution in [2.24, 2.45) is 5.73 Å². The molecule has 20 heteroatoms. The van der Waals surface area contributed by atoms with Gasteiger partial charge in [0.1, 0.15) is 19.3 Å². The molecule has 0 aliphatic rings. The monoisotopic (exact) mass is 1310 g/mol. The van der Waals surface area contributed by atoms with E-state index in [1.807, 2.05) is 0 Å². The molecule has 0 aliphatic carbocycles. The van der Waals surface area contributed by atoms with Gasteiger partial charge in [-0.2, -0.15) is 0 Å². The highest BCUT2D eigenvalue weighted by Crippen LogP contribution is 2.49. The van der Waals surface area contributed by atoms with Crippen molar-refractivity contribution in [1.82, 2.24) is 0 Å². The third-order valence-electron chi connectivity index (χ3n) is 4.81. The molecule has 2 N–H and O–H groups in total. The molecule has 13 nitrogen and oxygen atoms in total. The number of ether oxygens (including phenoxy) is 4. The van der Waals surface area contributed by atoms with Gasteiger partial charge in [-0.25, -0.2) is 23.7 Å². The third-order valence-corrected chi connectivity index (χ3v) is 16.2. The molecule has 0 spiro atoms. The molecular formula is C24H22I6NO12P. The zero-order chi connectivity index (χ0) is 33.0. The predicted octanol–water partition coefficient (Wildman–Crippen LogP) is 5.53. The Balaban J connectivity index is 1.97. The Kier molecular flexibility index (Phi) is 18.9. The second-order valence-corrected chi connectivity index (χ2v) is 16.5. The smallest absolute Gasteiger partial charge is 0.460 e. The van der Waals surface area contributed by atoms with E-state index < -0.39 is 64.2 Å². The van der Waals surface area contributed by atoms with Gasteiger partial charge in [-0.3, -0.25) is 13.6 Å². The number of carbonyl (C=O) groups is 4. The largest absolute Gasteiger partial charge is 0.475 e. The lowest BCUT2D eigenvalue weighted by molar-refractivity contribution is -0.155. The highest BCUT2D eigenvalue weighted by atomic mass is 127. The number of hydrogen-bond donors (Lipinski definition) is 1. The topological polar surface area (TPSA) is 176 Å². The Morgan fingerprint density at radius 3 is 1.45 bits per heavy atom. The standard InChI is InChI=1S/C24H22I6NO12P/c1-37-44(36,42-3-2-31)43-14(8-38-19(32)10-40-23(34)12-4-15(25)21(29)16(26)5-12)9-39-20(33)11-41-24(35)13-6-17(27)22(30)18(28)7-13/h4-7,14H,2-3,8-11,31H2,1H3. The van der Waals surface area contributed by atoms with E-state index in [9.17, 15) is 23.7 Å². The summed E-state index contributed by atoms with van der Waals surface area (Å²) in [6.07, 6.45) is -1.35. The highest BCUT2D eigenvalue weighted by Gasteiger charge is 2.31. The summed E-state index contributed by atoms with van der Waals surface area (Å²) in [6, 6.07) is 6.50. The minimum absolute atomic E-state index is 0.000575. The highest BCUT2D eigenvalue weighted by molar-refractivity contribution is 14.1. The van der Waals surface area contributed by atoms with Crippen LogP contribution in [0.4, 0.5) is 0 Å². The van der Waals surface area contributed by atoms with Crippen LogP contribution >= 0.6 is 143 Å². The zero-order valence-electron chi connectivity index (χ0n) is 22.3. The number of phosphoric ester groups is 1. The number of phosphoric acid groups is 1.